The first-order valence-corrected chi connectivity index (χ1v) is 7.32. The minimum absolute atomic E-state index is 0.232. The van der Waals surface area contributed by atoms with E-state index in [9.17, 15) is 14.0 Å². The molecule has 3 rings (SSSR count). The summed E-state index contributed by atoms with van der Waals surface area (Å²) in [7, 11) is 2.88. The van der Waals surface area contributed by atoms with Crippen molar-refractivity contribution < 1.29 is 28.2 Å². The summed E-state index contributed by atoms with van der Waals surface area (Å²) in [4.78, 5) is 24.2. The van der Waals surface area contributed by atoms with Gasteiger partial charge in [-0.05, 0) is 36.4 Å². The number of benzene rings is 2. The van der Waals surface area contributed by atoms with Crippen molar-refractivity contribution in [3.8, 4) is 11.5 Å². The molecule has 1 amide bonds. The second-order valence-corrected chi connectivity index (χ2v) is 5.16. The van der Waals surface area contributed by atoms with Gasteiger partial charge in [0.15, 0.2) is 17.7 Å². The van der Waals surface area contributed by atoms with Gasteiger partial charge in [0.25, 0.3) is 5.91 Å². The second-order valence-electron chi connectivity index (χ2n) is 5.16. The Morgan fingerprint density at radius 1 is 1.12 bits per heavy atom. The van der Waals surface area contributed by atoms with Gasteiger partial charge in [0.1, 0.15) is 11.4 Å². The number of nitrogens with one attached hydrogen (secondary N) is 2. The molecule has 1 aliphatic heterocycles. The average molecular weight is 346 g/mol. The highest BCUT2D eigenvalue weighted by Gasteiger charge is 2.36. The molecule has 2 aromatic rings. The first-order chi connectivity index (χ1) is 12.0. The summed E-state index contributed by atoms with van der Waals surface area (Å²) < 4.78 is 28.5. The van der Waals surface area contributed by atoms with Crippen LogP contribution in [0.4, 0.5) is 4.39 Å². The maximum atomic E-state index is 12.9. The molecule has 8 heteroatoms. The number of hydrogen-bond acceptors (Lipinski definition) is 6. The molecular formula is C17H15FN2O5. The summed E-state index contributed by atoms with van der Waals surface area (Å²) in [5, 5.41) is 0. The molecule has 0 aliphatic carbocycles. The maximum Gasteiger partial charge on any atom is 0.344 e. The average Bonchev–Trinajstić information content (AvgIpc) is 2.95. The van der Waals surface area contributed by atoms with Crippen LogP contribution in [0.5, 0.6) is 11.5 Å². The summed E-state index contributed by atoms with van der Waals surface area (Å²) in [5.74, 6) is -0.873. The Balaban J connectivity index is 1.77. The number of methoxy groups -OCH3 is 2. The van der Waals surface area contributed by atoms with E-state index in [1.807, 2.05) is 0 Å². The summed E-state index contributed by atoms with van der Waals surface area (Å²) >= 11 is 0. The Hall–Kier alpha value is -3.13. The predicted octanol–water partition coefficient (Wildman–Crippen LogP) is 1.95. The lowest BCUT2D eigenvalue weighted by atomic mass is 10.1. The number of carbonyl (C=O) groups is 2. The van der Waals surface area contributed by atoms with Crippen molar-refractivity contribution in [2.24, 2.45) is 0 Å². The van der Waals surface area contributed by atoms with Crippen LogP contribution in [0.15, 0.2) is 36.4 Å². The van der Waals surface area contributed by atoms with Crippen molar-refractivity contribution in [2.75, 3.05) is 14.2 Å². The molecule has 1 unspecified atom stereocenters. The molecule has 0 fully saturated rings. The zero-order chi connectivity index (χ0) is 18.0. The van der Waals surface area contributed by atoms with E-state index in [4.69, 9.17) is 14.2 Å². The number of rotatable bonds is 5. The van der Waals surface area contributed by atoms with Gasteiger partial charge in [0.05, 0.1) is 14.2 Å². The third-order valence-electron chi connectivity index (χ3n) is 3.71. The van der Waals surface area contributed by atoms with E-state index in [0.717, 1.165) is 0 Å². The third kappa shape index (κ3) is 3.11. The highest BCUT2D eigenvalue weighted by Crippen LogP contribution is 2.40. The zero-order valence-corrected chi connectivity index (χ0v) is 13.5. The molecule has 0 spiro atoms. The van der Waals surface area contributed by atoms with E-state index in [0.29, 0.717) is 11.3 Å². The van der Waals surface area contributed by atoms with Crippen molar-refractivity contribution in [3.63, 3.8) is 0 Å². The molecule has 0 saturated carbocycles. The maximum absolute atomic E-state index is 12.9. The minimum Gasteiger partial charge on any atom is -0.493 e. The fraction of sp³-hybridized carbons (Fsp3) is 0.176. The minimum atomic E-state index is -0.883. The number of ether oxygens (including phenoxy) is 3. The number of hydrogen-bond donors (Lipinski definition) is 2. The van der Waals surface area contributed by atoms with Crippen LogP contribution >= 0.6 is 0 Å². The number of fused-ring (bicyclic) bond motifs is 1. The number of hydrazine groups is 1. The van der Waals surface area contributed by atoms with Gasteiger partial charge in [0.2, 0.25) is 0 Å². The van der Waals surface area contributed by atoms with Gasteiger partial charge in [-0.2, -0.15) is 5.43 Å². The molecule has 7 nitrogen and oxygen atoms in total. The molecule has 1 heterocycles. The lowest BCUT2D eigenvalue weighted by Crippen LogP contribution is -2.40. The Bertz CT molecular complexity index is 823. The Morgan fingerprint density at radius 2 is 1.84 bits per heavy atom. The lowest BCUT2D eigenvalue weighted by molar-refractivity contribution is 0.0260. The van der Waals surface area contributed by atoms with Gasteiger partial charge >= 0.3 is 5.97 Å². The van der Waals surface area contributed by atoms with Crippen LogP contribution in [0.2, 0.25) is 0 Å². The topological polar surface area (TPSA) is 85.9 Å². The molecule has 0 radical (unpaired) electrons. The number of amides is 1. The molecule has 1 atom stereocenters. The van der Waals surface area contributed by atoms with E-state index in [1.54, 1.807) is 12.1 Å². The van der Waals surface area contributed by atoms with Crippen LogP contribution in [0.25, 0.3) is 0 Å². The molecule has 2 aromatic carbocycles. The standard InChI is InChI=1S/C17H15FN2O5/c1-23-12-8-7-11-13(14(12)24-2)17(22)25-16(11)20-19-15(21)9-3-5-10(18)6-4-9/h3-8,16,20H,1-2H3,(H,19,21). The summed E-state index contributed by atoms with van der Waals surface area (Å²) in [5.41, 5.74) is 6.05. The third-order valence-corrected chi connectivity index (χ3v) is 3.71. The molecule has 0 bridgehead atoms. The largest absolute Gasteiger partial charge is 0.493 e. The second kappa shape index (κ2) is 6.78. The smallest absolute Gasteiger partial charge is 0.344 e. The zero-order valence-electron chi connectivity index (χ0n) is 13.5. The normalized spacial score (nSPS) is 15.3. The van der Waals surface area contributed by atoms with Crippen LogP contribution in [0.3, 0.4) is 0 Å². The number of cyclic esters (lactones) is 1. The first kappa shape index (κ1) is 16.7. The fourth-order valence-corrected chi connectivity index (χ4v) is 2.51. The highest BCUT2D eigenvalue weighted by atomic mass is 19.1. The molecule has 2 N–H and O–H groups in total. The highest BCUT2D eigenvalue weighted by molar-refractivity contribution is 5.98. The van der Waals surface area contributed by atoms with Crippen LogP contribution in [0.1, 0.15) is 32.5 Å². The van der Waals surface area contributed by atoms with Crippen LogP contribution in [0, 0.1) is 5.82 Å². The lowest BCUT2D eigenvalue weighted by Gasteiger charge is -2.14. The van der Waals surface area contributed by atoms with Gasteiger partial charge in [-0.3, -0.25) is 10.2 Å². The molecule has 0 aromatic heterocycles. The van der Waals surface area contributed by atoms with Crippen LogP contribution in [-0.4, -0.2) is 26.1 Å². The molecule has 130 valence electrons. The summed E-state index contributed by atoms with van der Waals surface area (Å²) in [6, 6.07) is 8.32. The first-order valence-electron chi connectivity index (χ1n) is 7.32. The SMILES string of the molecule is COc1ccc2c(c1OC)C(=O)OC2NNC(=O)c1ccc(F)cc1. The van der Waals surface area contributed by atoms with Crippen LogP contribution < -0.4 is 20.3 Å². The van der Waals surface area contributed by atoms with Crippen molar-refractivity contribution in [1.29, 1.82) is 0 Å². The van der Waals surface area contributed by atoms with Crippen molar-refractivity contribution >= 4 is 11.9 Å². The number of carbonyl (C=O) groups excluding carboxylic acids is 2. The Kier molecular flexibility index (Phi) is 4.53. The van der Waals surface area contributed by atoms with Crippen molar-refractivity contribution in [2.45, 2.75) is 6.23 Å². The van der Waals surface area contributed by atoms with Crippen molar-refractivity contribution in [1.82, 2.24) is 10.9 Å². The van der Waals surface area contributed by atoms with E-state index in [1.165, 1.54) is 38.5 Å². The van der Waals surface area contributed by atoms with Gasteiger partial charge in [-0.1, -0.05) is 0 Å². The molecular weight excluding hydrogens is 331 g/mol. The number of halogens is 1. The van der Waals surface area contributed by atoms with E-state index >= 15 is 0 Å². The molecule has 0 saturated heterocycles. The van der Waals surface area contributed by atoms with E-state index in [-0.39, 0.29) is 16.9 Å². The number of esters is 1. The van der Waals surface area contributed by atoms with Crippen molar-refractivity contribution in [3.05, 3.63) is 58.9 Å². The van der Waals surface area contributed by atoms with Gasteiger partial charge in [0, 0.05) is 11.1 Å². The fourth-order valence-electron chi connectivity index (χ4n) is 2.51. The Morgan fingerprint density at radius 3 is 2.48 bits per heavy atom. The summed E-state index contributed by atoms with van der Waals surface area (Å²) in [6.45, 7) is 0. The van der Waals surface area contributed by atoms with E-state index < -0.39 is 23.9 Å². The predicted molar refractivity (Wildman–Crippen MR) is 84.7 cm³/mol. The van der Waals surface area contributed by atoms with Gasteiger partial charge in [-0.15, -0.1) is 0 Å². The van der Waals surface area contributed by atoms with Gasteiger partial charge < -0.3 is 14.2 Å². The quantitative estimate of drug-likeness (QED) is 0.636. The van der Waals surface area contributed by atoms with E-state index in [2.05, 4.69) is 10.9 Å². The summed E-state index contributed by atoms with van der Waals surface area (Å²) in [6.07, 6.45) is -0.883. The Labute approximate surface area is 142 Å². The monoisotopic (exact) mass is 346 g/mol. The van der Waals surface area contributed by atoms with Crippen LogP contribution in [-0.2, 0) is 4.74 Å². The van der Waals surface area contributed by atoms with Gasteiger partial charge in [-0.25, -0.2) is 9.18 Å². The molecule has 1 aliphatic rings. The molecule has 25 heavy (non-hydrogen) atoms.